The van der Waals surface area contributed by atoms with Crippen molar-refractivity contribution in [2.24, 2.45) is 0 Å². The molecule has 0 saturated carbocycles. The highest BCUT2D eigenvalue weighted by Gasteiger charge is 2.26. The van der Waals surface area contributed by atoms with Crippen LogP contribution in [0.25, 0.3) is 5.82 Å². The van der Waals surface area contributed by atoms with Crippen molar-refractivity contribution in [3.63, 3.8) is 0 Å². The Bertz CT molecular complexity index is 802. The molecular formula is C15H19N5O3S. The van der Waals surface area contributed by atoms with Crippen LogP contribution in [0.3, 0.4) is 0 Å². The first-order valence-corrected chi connectivity index (χ1v) is 9.52. The molecule has 1 fully saturated rings. The van der Waals surface area contributed by atoms with Gasteiger partial charge in [-0.3, -0.25) is 9.36 Å². The molecule has 0 aromatic carbocycles. The van der Waals surface area contributed by atoms with Gasteiger partial charge in [-0.2, -0.15) is 0 Å². The lowest BCUT2D eigenvalue weighted by atomic mass is 10.1. The van der Waals surface area contributed by atoms with Gasteiger partial charge in [-0.05, 0) is 25.0 Å². The number of aromatic nitrogens is 3. The monoisotopic (exact) mass is 349 g/mol. The van der Waals surface area contributed by atoms with E-state index in [2.05, 4.69) is 14.7 Å². The number of nitrogens with one attached hydrogen (secondary N) is 1. The molecule has 3 rings (SSSR count). The zero-order valence-electron chi connectivity index (χ0n) is 13.3. The third kappa shape index (κ3) is 3.98. The van der Waals surface area contributed by atoms with Crippen molar-refractivity contribution in [3.8, 4) is 5.82 Å². The van der Waals surface area contributed by atoms with Crippen LogP contribution in [0.4, 0.5) is 0 Å². The molecule has 0 bridgehead atoms. The lowest BCUT2D eigenvalue weighted by molar-refractivity contribution is 0.0702. The third-order valence-electron chi connectivity index (χ3n) is 3.85. The van der Waals surface area contributed by atoms with Crippen molar-refractivity contribution < 1.29 is 13.2 Å². The minimum atomic E-state index is -3.28. The molecule has 0 radical (unpaired) electrons. The van der Waals surface area contributed by atoms with Crippen LogP contribution < -0.4 is 4.72 Å². The molecular weight excluding hydrogens is 330 g/mol. The number of rotatable bonds is 4. The van der Waals surface area contributed by atoms with Gasteiger partial charge in [0.2, 0.25) is 10.0 Å². The lowest BCUT2D eigenvalue weighted by Gasteiger charge is -2.32. The summed E-state index contributed by atoms with van der Waals surface area (Å²) in [7, 11) is -3.28. The second kappa shape index (κ2) is 6.70. The number of sulfonamides is 1. The Kier molecular flexibility index (Phi) is 4.63. The maximum Gasteiger partial charge on any atom is 0.255 e. The molecule has 1 atom stereocenters. The number of nitrogens with zero attached hydrogens (tertiary/aromatic N) is 4. The molecule has 0 spiro atoms. The number of pyridine rings is 1. The molecule has 0 unspecified atom stereocenters. The van der Waals surface area contributed by atoms with Crippen LogP contribution >= 0.6 is 0 Å². The van der Waals surface area contributed by atoms with Gasteiger partial charge < -0.3 is 4.90 Å². The SMILES string of the molecule is CS(=O)(=O)N[C@@H]1CCCN(C(=O)c2ccc(-n3ccnc3)nc2)C1. The van der Waals surface area contributed by atoms with Crippen LogP contribution in [-0.2, 0) is 10.0 Å². The molecule has 3 heterocycles. The average Bonchev–Trinajstić information content (AvgIpc) is 3.07. The Hall–Kier alpha value is -2.26. The highest BCUT2D eigenvalue weighted by atomic mass is 32.2. The fourth-order valence-corrected chi connectivity index (χ4v) is 3.60. The number of likely N-dealkylation sites (tertiary alicyclic amines) is 1. The molecule has 2 aromatic heterocycles. The Morgan fingerprint density at radius 2 is 2.21 bits per heavy atom. The van der Waals surface area contributed by atoms with E-state index in [0.717, 1.165) is 19.1 Å². The topological polar surface area (TPSA) is 97.2 Å². The standard InChI is InChI=1S/C15H19N5O3S/c1-24(22,23)18-13-3-2-7-19(10-13)15(21)12-4-5-14(17-9-12)20-8-6-16-11-20/h4-6,8-9,11,13,18H,2-3,7,10H2,1H3/t13-/m1/s1. The molecule has 1 aliphatic heterocycles. The van der Waals surface area contributed by atoms with E-state index in [4.69, 9.17) is 0 Å². The lowest BCUT2D eigenvalue weighted by Crippen LogP contribution is -2.49. The first-order valence-electron chi connectivity index (χ1n) is 7.63. The van der Waals surface area contributed by atoms with Gasteiger partial charge in [-0.25, -0.2) is 23.1 Å². The number of amides is 1. The van der Waals surface area contributed by atoms with Crippen LogP contribution in [0.15, 0.2) is 37.1 Å². The number of carbonyl (C=O) groups is 1. The van der Waals surface area contributed by atoms with Crippen LogP contribution in [0.2, 0.25) is 0 Å². The Morgan fingerprint density at radius 1 is 1.38 bits per heavy atom. The summed E-state index contributed by atoms with van der Waals surface area (Å²) in [5.41, 5.74) is 0.485. The van der Waals surface area contributed by atoms with Crippen molar-refractivity contribution >= 4 is 15.9 Å². The predicted octanol–water partition coefficient (Wildman–Crippen LogP) is 0.421. The predicted molar refractivity (Wildman–Crippen MR) is 88.3 cm³/mol. The van der Waals surface area contributed by atoms with Gasteiger partial charge in [0, 0.05) is 37.7 Å². The highest BCUT2D eigenvalue weighted by Crippen LogP contribution is 2.15. The van der Waals surface area contributed by atoms with Crippen molar-refractivity contribution in [1.29, 1.82) is 0 Å². The highest BCUT2D eigenvalue weighted by molar-refractivity contribution is 7.88. The van der Waals surface area contributed by atoms with Crippen LogP contribution in [0.1, 0.15) is 23.2 Å². The molecule has 1 N–H and O–H groups in total. The summed E-state index contributed by atoms with van der Waals surface area (Å²) < 4.78 is 27.1. The summed E-state index contributed by atoms with van der Waals surface area (Å²) in [4.78, 5) is 22.5. The van der Waals surface area contributed by atoms with E-state index in [0.29, 0.717) is 24.5 Å². The number of piperidine rings is 1. The number of hydrogen-bond acceptors (Lipinski definition) is 5. The molecule has 8 nitrogen and oxygen atoms in total. The average molecular weight is 349 g/mol. The molecule has 1 saturated heterocycles. The van der Waals surface area contributed by atoms with Gasteiger partial charge in [0.15, 0.2) is 0 Å². The largest absolute Gasteiger partial charge is 0.337 e. The first kappa shape index (κ1) is 16.6. The van der Waals surface area contributed by atoms with E-state index in [-0.39, 0.29) is 11.9 Å². The smallest absolute Gasteiger partial charge is 0.255 e. The normalized spacial score (nSPS) is 18.5. The molecule has 2 aromatic rings. The Morgan fingerprint density at radius 3 is 2.83 bits per heavy atom. The second-order valence-corrected chi connectivity index (χ2v) is 7.64. The summed E-state index contributed by atoms with van der Waals surface area (Å²) in [6.45, 7) is 0.985. The Labute approximate surface area is 140 Å². The molecule has 1 aliphatic rings. The fraction of sp³-hybridized carbons (Fsp3) is 0.400. The van der Waals surface area contributed by atoms with Crippen molar-refractivity contribution in [3.05, 3.63) is 42.6 Å². The van der Waals surface area contributed by atoms with E-state index in [9.17, 15) is 13.2 Å². The zero-order chi connectivity index (χ0) is 17.2. The summed E-state index contributed by atoms with van der Waals surface area (Å²) >= 11 is 0. The number of carbonyl (C=O) groups excluding carboxylic acids is 1. The van der Waals surface area contributed by atoms with E-state index < -0.39 is 10.0 Å². The second-order valence-electron chi connectivity index (χ2n) is 5.86. The molecule has 0 aliphatic carbocycles. The van der Waals surface area contributed by atoms with E-state index in [1.807, 2.05) is 0 Å². The van der Waals surface area contributed by atoms with Gasteiger partial charge >= 0.3 is 0 Å². The quantitative estimate of drug-likeness (QED) is 0.863. The van der Waals surface area contributed by atoms with Gasteiger partial charge in [0.05, 0.1) is 11.8 Å². The van der Waals surface area contributed by atoms with Gasteiger partial charge in [0.25, 0.3) is 5.91 Å². The zero-order valence-corrected chi connectivity index (χ0v) is 14.1. The molecule has 128 valence electrons. The van der Waals surface area contributed by atoms with E-state index in [1.54, 1.807) is 40.3 Å². The number of imidazole rings is 1. The van der Waals surface area contributed by atoms with Gasteiger partial charge in [-0.1, -0.05) is 0 Å². The van der Waals surface area contributed by atoms with Crippen molar-refractivity contribution in [2.45, 2.75) is 18.9 Å². The van der Waals surface area contributed by atoms with Crippen molar-refractivity contribution in [2.75, 3.05) is 19.3 Å². The summed E-state index contributed by atoms with van der Waals surface area (Å²) in [6.07, 6.45) is 9.22. The summed E-state index contributed by atoms with van der Waals surface area (Å²) in [5.74, 6) is 0.541. The minimum Gasteiger partial charge on any atom is -0.337 e. The van der Waals surface area contributed by atoms with Crippen molar-refractivity contribution in [1.82, 2.24) is 24.2 Å². The molecule has 9 heteroatoms. The molecule has 24 heavy (non-hydrogen) atoms. The van der Waals surface area contributed by atoms with Crippen LogP contribution in [0.5, 0.6) is 0 Å². The van der Waals surface area contributed by atoms with Gasteiger partial charge in [-0.15, -0.1) is 0 Å². The Balaban J connectivity index is 1.69. The van der Waals surface area contributed by atoms with Gasteiger partial charge in [0.1, 0.15) is 12.1 Å². The molecule has 1 amide bonds. The first-order chi connectivity index (χ1) is 11.4. The minimum absolute atomic E-state index is 0.139. The summed E-state index contributed by atoms with van der Waals surface area (Å²) in [5, 5.41) is 0. The fourth-order valence-electron chi connectivity index (χ4n) is 2.80. The maximum atomic E-state index is 12.6. The van der Waals surface area contributed by atoms with Crippen LogP contribution in [0, 0.1) is 0 Å². The number of hydrogen-bond donors (Lipinski definition) is 1. The van der Waals surface area contributed by atoms with E-state index >= 15 is 0 Å². The maximum absolute atomic E-state index is 12.6. The van der Waals surface area contributed by atoms with Crippen LogP contribution in [-0.4, -0.2) is 59.1 Å². The van der Waals surface area contributed by atoms with E-state index in [1.165, 1.54) is 6.20 Å². The third-order valence-corrected chi connectivity index (χ3v) is 4.61. The summed E-state index contributed by atoms with van der Waals surface area (Å²) in [6, 6.07) is 3.24.